The van der Waals surface area contributed by atoms with Crippen LogP contribution in [0.4, 0.5) is 5.69 Å². The van der Waals surface area contributed by atoms with E-state index in [9.17, 15) is 4.79 Å². The Morgan fingerprint density at radius 2 is 2.14 bits per heavy atom. The average Bonchev–Trinajstić information content (AvgIpc) is 2.50. The van der Waals surface area contributed by atoms with Crippen molar-refractivity contribution in [3.63, 3.8) is 0 Å². The number of carbonyl (C=O) groups is 1. The van der Waals surface area contributed by atoms with Gasteiger partial charge >= 0.3 is 0 Å². The van der Waals surface area contributed by atoms with Crippen molar-refractivity contribution < 1.29 is 9.53 Å². The number of benzene rings is 2. The lowest BCUT2D eigenvalue weighted by Gasteiger charge is -2.16. The maximum absolute atomic E-state index is 12.1. The Hall–Kier alpha value is -2.03. The second kappa shape index (κ2) is 7.30. The van der Waals surface area contributed by atoms with Gasteiger partial charge in [-0.2, -0.15) is 5.26 Å². The third-order valence-electron chi connectivity index (χ3n) is 2.83. The minimum Gasteiger partial charge on any atom is -0.479 e. The van der Waals surface area contributed by atoms with E-state index < -0.39 is 6.10 Å². The smallest absolute Gasteiger partial charge is 0.265 e. The summed E-state index contributed by atoms with van der Waals surface area (Å²) >= 11 is 9.36. The van der Waals surface area contributed by atoms with Crippen molar-refractivity contribution in [1.29, 1.82) is 5.26 Å². The number of ether oxygens (including phenoxy) is 1. The van der Waals surface area contributed by atoms with E-state index >= 15 is 0 Å². The summed E-state index contributed by atoms with van der Waals surface area (Å²) in [5.74, 6) is 0.104. The van der Waals surface area contributed by atoms with Crippen LogP contribution in [0, 0.1) is 11.3 Å². The molecule has 0 spiro atoms. The molecule has 0 saturated heterocycles. The fourth-order valence-corrected chi connectivity index (χ4v) is 2.44. The van der Waals surface area contributed by atoms with Crippen LogP contribution in [0.3, 0.4) is 0 Å². The Labute approximate surface area is 141 Å². The van der Waals surface area contributed by atoms with E-state index in [0.29, 0.717) is 22.0 Å². The Balaban J connectivity index is 2.04. The van der Waals surface area contributed by atoms with E-state index in [0.717, 1.165) is 4.47 Å². The van der Waals surface area contributed by atoms with Gasteiger partial charge in [0.25, 0.3) is 5.91 Å². The van der Waals surface area contributed by atoms with Crippen molar-refractivity contribution in [2.75, 3.05) is 5.32 Å². The topological polar surface area (TPSA) is 62.1 Å². The van der Waals surface area contributed by atoms with Crippen molar-refractivity contribution in [2.24, 2.45) is 0 Å². The summed E-state index contributed by atoms with van der Waals surface area (Å²) < 4.78 is 6.39. The molecule has 0 aliphatic carbocycles. The number of amides is 1. The zero-order valence-electron chi connectivity index (χ0n) is 11.6. The van der Waals surface area contributed by atoms with Gasteiger partial charge in [-0.05, 0) is 43.3 Å². The zero-order valence-corrected chi connectivity index (χ0v) is 14.0. The Bertz CT molecular complexity index is 743. The third kappa shape index (κ3) is 4.23. The second-order valence-corrected chi connectivity index (χ2v) is 5.84. The predicted molar refractivity (Wildman–Crippen MR) is 89.0 cm³/mol. The molecular weight excluding hydrogens is 368 g/mol. The van der Waals surface area contributed by atoms with Gasteiger partial charge < -0.3 is 10.1 Å². The summed E-state index contributed by atoms with van der Waals surface area (Å²) in [5, 5.41) is 12.0. The number of hydrogen-bond donors (Lipinski definition) is 1. The van der Waals surface area contributed by atoms with Crippen molar-refractivity contribution in [2.45, 2.75) is 13.0 Å². The predicted octanol–water partition coefficient (Wildman–Crippen LogP) is 4.38. The number of halogens is 2. The minimum atomic E-state index is -0.732. The largest absolute Gasteiger partial charge is 0.479 e. The highest BCUT2D eigenvalue weighted by Crippen LogP contribution is 2.28. The molecule has 6 heteroatoms. The lowest BCUT2D eigenvalue weighted by atomic mass is 10.2. The fraction of sp³-hybridized carbons (Fsp3) is 0.125. The van der Waals surface area contributed by atoms with Crippen LogP contribution in [0.1, 0.15) is 12.5 Å². The maximum Gasteiger partial charge on any atom is 0.265 e. The molecule has 0 radical (unpaired) electrons. The average molecular weight is 380 g/mol. The first-order chi connectivity index (χ1) is 10.5. The van der Waals surface area contributed by atoms with E-state index in [4.69, 9.17) is 21.6 Å². The standard InChI is InChI=1S/C16H12BrClN2O2/c1-10(22-15-6-5-12(17)8-14(15)18)16(21)20-13-4-2-3-11(7-13)9-19/h2-8,10H,1H3,(H,20,21)/t10-/m1/s1. The number of nitrogens with one attached hydrogen (secondary N) is 1. The maximum atomic E-state index is 12.1. The lowest BCUT2D eigenvalue weighted by molar-refractivity contribution is -0.122. The van der Waals surface area contributed by atoms with Crippen LogP contribution in [-0.4, -0.2) is 12.0 Å². The Morgan fingerprint density at radius 3 is 2.82 bits per heavy atom. The van der Waals surface area contributed by atoms with Crippen LogP contribution in [0.15, 0.2) is 46.9 Å². The summed E-state index contributed by atoms with van der Waals surface area (Å²) in [7, 11) is 0. The molecule has 2 aromatic rings. The number of anilines is 1. The van der Waals surface area contributed by atoms with Gasteiger partial charge in [0.05, 0.1) is 16.7 Å². The molecule has 1 N–H and O–H groups in total. The molecular formula is C16H12BrClN2O2. The number of carbonyl (C=O) groups excluding carboxylic acids is 1. The molecule has 2 rings (SSSR count). The SMILES string of the molecule is C[C@@H](Oc1ccc(Br)cc1Cl)C(=O)Nc1cccc(C#N)c1. The molecule has 1 amide bonds. The van der Waals surface area contributed by atoms with E-state index in [-0.39, 0.29) is 5.91 Å². The number of nitriles is 1. The Morgan fingerprint density at radius 1 is 1.36 bits per heavy atom. The normalized spacial score (nSPS) is 11.4. The van der Waals surface area contributed by atoms with Gasteiger partial charge in [0.1, 0.15) is 5.75 Å². The molecule has 0 bridgehead atoms. The van der Waals surface area contributed by atoms with Crippen molar-refractivity contribution in [3.05, 3.63) is 57.5 Å². The molecule has 1 atom stereocenters. The van der Waals surface area contributed by atoms with E-state index in [2.05, 4.69) is 21.2 Å². The fourth-order valence-electron chi connectivity index (χ4n) is 1.73. The van der Waals surface area contributed by atoms with Gasteiger partial charge in [0, 0.05) is 10.2 Å². The summed E-state index contributed by atoms with van der Waals surface area (Å²) in [6.07, 6.45) is -0.732. The number of hydrogen-bond acceptors (Lipinski definition) is 3. The first-order valence-electron chi connectivity index (χ1n) is 6.42. The number of rotatable bonds is 4. The van der Waals surface area contributed by atoms with Crippen LogP contribution in [0.25, 0.3) is 0 Å². The second-order valence-electron chi connectivity index (χ2n) is 4.52. The van der Waals surface area contributed by atoms with Gasteiger partial charge in [-0.1, -0.05) is 33.6 Å². The lowest BCUT2D eigenvalue weighted by Crippen LogP contribution is -2.30. The van der Waals surface area contributed by atoms with E-state index in [1.165, 1.54) is 0 Å². The monoisotopic (exact) mass is 378 g/mol. The minimum absolute atomic E-state index is 0.325. The van der Waals surface area contributed by atoms with Crippen molar-refractivity contribution in [3.8, 4) is 11.8 Å². The highest BCUT2D eigenvalue weighted by molar-refractivity contribution is 9.10. The quantitative estimate of drug-likeness (QED) is 0.857. The molecule has 0 aliphatic heterocycles. The van der Waals surface area contributed by atoms with Crippen molar-refractivity contribution >= 4 is 39.1 Å². The molecule has 0 aliphatic rings. The van der Waals surface area contributed by atoms with Crippen molar-refractivity contribution in [1.82, 2.24) is 0 Å². The molecule has 4 nitrogen and oxygen atoms in total. The van der Waals surface area contributed by atoms with Crippen LogP contribution < -0.4 is 10.1 Å². The molecule has 22 heavy (non-hydrogen) atoms. The molecule has 0 heterocycles. The van der Waals surface area contributed by atoms with Gasteiger partial charge in [0.15, 0.2) is 6.10 Å². The summed E-state index contributed by atoms with van der Waals surface area (Å²) in [6, 6.07) is 13.8. The van der Waals surface area contributed by atoms with Crippen LogP contribution >= 0.6 is 27.5 Å². The summed E-state index contributed by atoms with van der Waals surface area (Å²) in [6.45, 7) is 1.63. The highest BCUT2D eigenvalue weighted by Gasteiger charge is 2.16. The molecule has 0 fully saturated rings. The van der Waals surface area contributed by atoms with E-state index in [1.54, 1.807) is 49.4 Å². The molecule has 112 valence electrons. The number of nitrogens with zero attached hydrogens (tertiary/aromatic N) is 1. The molecule has 0 unspecified atom stereocenters. The molecule has 0 saturated carbocycles. The molecule has 0 aromatic heterocycles. The highest BCUT2D eigenvalue weighted by atomic mass is 79.9. The van der Waals surface area contributed by atoms with Gasteiger partial charge in [-0.15, -0.1) is 0 Å². The van der Waals surface area contributed by atoms with Crippen LogP contribution in [0.5, 0.6) is 5.75 Å². The van der Waals surface area contributed by atoms with Gasteiger partial charge in [-0.25, -0.2) is 0 Å². The summed E-state index contributed by atoms with van der Waals surface area (Å²) in [5.41, 5.74) is 1.02. The third-order valence-corrected chi connectivity index (χ3v) is 3.61. The van der Waals surface area contributed by atoms with Crippen LogP contribution in [0.2, 0.25) is 5.02 Å². The summed E-state index contributed by atoms with van der Waals surface area (Å²) in [4.78, 5) is 12.1. The Kier molecular flexibility index (Phi) is 5.42. The first kappa shape index (κ1) is 16.3. The van der Waals surface area contributed by atoms with Gasteiger partial charge in [-0.3, -0.25) is 4.79 Å². The van der Waals surface area contributed by atoms with Crippen LogP contribution in [-0.2, 0) is 4.79 Å². The molecule has 2 aromatic carbocycles. The van der Waals surface area contributed by atoms with E-state index in [1.807, 2.05) is 6.07 Å². The zero-order chi connectivity index (χ0) is 16.1. The van der Waals surface area contributed by atoms with Gasteiger partial charge in [0.2, 0.25) is 0 Å². The first-order valence-corrected chi connectivity index (χ1v) is 7.59.